The van der Waals surface area contributed by atoms with Crippen LogP contribution < -0.4 is 15.8 Å². The number of pyridine rings is 1. The number of halogens is 3. The van der Waals surface area contributed by atoms with Crippen LogP contribution in [0.4, 0.5) is 18.9 Å². The van der Waals surface area contributed by atoms with E-state index in [0.29, 0.717) is 6.07 Å². The monoisotopic (exact) mass is 380 g/mol. The highest BCUT2D eigenvalue weighted by Crippen LogP contribution is 2.28. The number of nitrogens with one attached hydrogen (secondary N) is 2. The maximum Gasteiger partial charge on any atom is 0.272 e. The van der Waals surface area contributed by atoms with E-state index in [9.17, 15) is 22.8 Å². The van der Waals surface area contributed by atoms with Crippen molar-refractivity contribution in [2.75, 3.05) is 31.2 Å². The lowest BCUT2D eigenvalue weighted by Gasteiger charge is -2.29. The first kappa shape index (κ1) is 18.6. The molecule has 0 bridgehead atoms. The molecule has 0 saturated carbocycles. The van der Waals surface area contributed by atoms with Crippen molar-refractivity contribution in [1.82, 2.24) is 15.8 Å². The van der Waals surface area contributed by atoms with Gasteiger partial charge in [0.1, 0.15) is 5.69 Å². The van der Waals surface area contributed by atoms with Gasteiger partial charge in [-0.3, -0.25) is 25.4 Å². The summed E-state index contributed by atoms with van der Waals surface area (Å²) >= 11 is 0. The van der Waals surface area contributed by atoms with Gasteiger partial charge in [0.2, 0.25) is 0 Å². The fraction of sp³-hybridized carbons (Fsp3) is 0.235. The first-order valence-electron chi connectivity index (χ1n) is 8.00. The van der Waals surface area contributed by atoms with Crippen molar-refractivity contribution in [2.24, 2.45) is 0 Å². The van der Waals surface area contributed by atoms with E-state index in [0.717, 1.165) is 0 Å². The summed E-state index contributed by atoms with van der Waals surface area (Å²) in [4.78, 5) is 28.9. The molecule has 27 heavy (non-hydrogen) atoms. The lowest BCUT2D eigenvalue weighted by atomic mass is 10.1. The van der Waals surface area contributed by atoms with Gasteiger partial charge in [-0.2, -0.15) is 0 Å². The number of nitrogens with zero attached hydrogens (tertiary/aromatic N) is 2. The smallest absolute Gasteiger partial charge is 0.272 e. The third kappa shape index (κ3) is 4.00. The molecule has 0 atom stereocenters. The second-order valence-corrected chi connectivity index (χ2v) is 5.63. The summed E-state index contributed by atoms with van der Waals surface area (Å²) < 4.78 is 48.1. The lowest BCUT2D eigenvalue weighted by molar-refractivity contribution is 0.0843. The van der Waals surface area contributed by atoms with Gasteiger partial charge in [0, 0.05) is 25.5 Å². The van der Waals surface area contributed by atoms with Gasteiger partial charge in [-0.05, 0) is 18.2 Å². The molecule has 1 aromatic carbocycles. The van der Waals surface area contributed by atoms with Crippen LogP contribution in [0, 0.1) is 17.5 Å². The largest absolute Gasteiger partial charge is 0.378 e. The SMILES string of the molecule is O=C(NNC(=O)c1cc(F)c(N2CCOCC2)c(F)c1F)c1cccnc1. The van der Waals surface area contributed by atoms with Crippen LogP contribution in [0.25, 0.3) is 0 Å². The molecule has 2 N–H and O–H groups in total. The molecule has 0 spiro atoms. The highest BCUT2D eigenvalue weighted by atomic mass is 19.2. The van der Waals surface area contributed by atoms with E-state index in [4.69, 9.17) is 4.74 Å². The maximum atomic E-state index is 14.4. The molecule has 2 aromatic rings. The molecular weight excluding hydrogens is 365 g/mol. The average Bonchev–Trinajstić information content (AvgIpc) is 2.70. The van der Waals surface area contributed by atoms with E-state index in [1.807, 2.05) is 10.9 Å². The lowest BCUT2D eigenvalue weighted by Crippen LogP contribution is -2.42. The Balaban J connectivity index is 1.76. The molecule has 2 heterocycles. The minimum atomic E-state index is -1.51. The first-order chi connectivity index (χ1) is 13.0. The zero-order valence-corrected chi connectivity index (χ0v) is 14.0. The summed E-state index contributed by atoms with van der Waals surface area (Å²) in [6, 6.07) is 3.53. The van der Waals surface area contributed by atoms with Crippen molar-refractivity contribution in [3.63, 3.8) is 0 Å². The Morgan fingerprint density at radius 1 is 1.07 bits per heavy atom. The first-order valence-corrected chi connectivity index (χ1v) is 8.00. The van der Waals surface area contributed by atoms with Crippen LogP contribution in [0.1, 0.15) is 20.7 Å². The number of benzene rings is 1. The van der Waals surface area contributed by atoms with E-state index in [2.05, 4.69) is 4.98 Å². The summed E-state index contributed by atoms with van der Waals surface area (Å²) in [6.07, 6.45) is 2.70. The number of aromatic nitrogens is 1. The van der Waals surface area contributed by atoms with Crippen molar-refractivity contribution in [1.29, 1.82) is 0 Å². The number of ether oxygens (including phenoxy) is 1. The fourth-order valence-corrected chi connectivity index (χ4v) is 2.58. The molecule has 0 radical (unpaired) electrons. The van der Waals surface area contributed by atoms with E-state index < -0.39 is 40.5 Å². The van der Waals surface area contributed by atoms with Gasteiger partial charge < -0.3 is 9.64 Å². The zero-order chi connectivity index (χ0) is 19.4. The van der Waals surface area contributed by atoms with Crippen molar-refractivity contribution >= 4 is 17.5 Å². The Morgan fingerprint density at radius 2 is 1.78 bits per heavy atom. The highest BCUT2D eigenvalue weighted by Gasteiger charge is 2.27. The molecule has 0 aliphatic carbocycles. The predicted molar refractivity (Wildman–Crippen MR) is 88.5 cm³/mol. The number of hydrogen-bond donors (Lipinski definition) is 2. The predicted octanol–water partition coefficient (Wildman–Crippen LogP) is 1.41. The average molecular weight is 380 g/mol. The molecule has 142 valence electrons. The Hall–Kier alpha value is -3.14. The number of hydrogen-bond acceptors (Lipinski definition) is 5. The van der Waals surface area contributed by atoms with Gasteiger partial charge >= 0.3 is 0 Å². The van der Waals surface area contributed by atoms with Crippen molar-refractivity contribution < 1.29 is 27.5 Å². The van der Waals surface area contributed by atoms with Gasteiger partial charge in [-0.1, -0.05) is 0 Å². The number of rotatable bonds is 3. The summed E-state index contributed by atoms with van der Waals surface area (Å²) in [5, 5.41) is 0. The van der Waals surface area contributed by atoms with Crippen LogP contribution in [-0.4, -0.2) is 43.1 Å². The maximum absolute atomic E-state index is 14.4. The fourth-order valence-electron chi connectivity index (χ4n) is 2.58. The van der Waals surface area contributed by atoms with Gasteiger partial charge in [-0.25, -0.2) is 13.2 Å². The van der Waals surface area contributed by atoms with Crippen LogP contribution in [0.2, 0.25) is 0 Å². The molecule has 1 aliphatic heterocycles. The quantitative estimate of drug-likeness (QED) is 0.622. The molecule has 1 saturated heterocycles. The Bertz CT molecular complexity index is 858. The Kier molecular flexibility index (Phi) is 5.55. The molecule has 7 nitrogen and oxygen atoms in total. The summed E-state index contributed by atoms with van der Waals surface area (Å²) in [7, 11) is 0. The molecule has 2 amide bonds. The highest BCUT2D eigenvalue weighted by molar-refractivity contribution is 5.99. The second kappa shape index (κ2) is 8.04. The number of hydrazine groups is 1. The number of carbonyl (C=O) groups excluding carboxylic acids is 2. The summed E-state index contributed by atoms with van der Waals surface area (Å²) in [5.74, 6) is -5.98. The molecule has 10 heteroatoms. The Morgan fingerprint density at radius 3 is 2.44 bits per heavy atom. The number of amides is 2. The standard InChI is InChI=1S/C17H15F3N4O3/c18-12-8-11(13(19)14(20)15(12)24-4-6-27-7-5-24)17(26)23-22-16(25)10-2-1-3-21-9-10/h1-3,8-9H,4-7H2,(H,22,25)(H,23,26). The van der Waals surface area contributed by atoms with Crippen LogP contribution in [0.15, 0.2) is 30.6 Å². The molecule has 3 rings (SSSR count). The molecular formula is C17H15F3N4O3. The molecule has 0 unspecified atom stereocenters. The van der Waals surface area contributed by atoms with Crippen molar-refractivity contribution in [3.8, 4) is 0 Å². The number of carbonyl (C=O) groups is 2. The topological polar surface area (TPSA) is 83.6 Å². The summed E-state index contributed by atoms with van der Waals surface area (Å²) in [5.41, 5.74) is 2.66. The molecule has 1 aliphatic rings. The molecule has 1 fully saturated rings. The molecule has 1 aromatic heterocycles. The van der Waals surface area contributed by atoms with Crippen LogP contribution in [0.5, 0.6) is 0 Å². The minimum Gasteiger partial charge on any atom is -0.378 e. The second-order valence-electron chi connectivity index (χ2n) is 5.63. The Labute approximate surface area is 152 Å². The van der Waals surface area contributed by atoms with Crippen molar-refractivity contribution in [3.05, 3.63) is 59.2 Å². The van der Waals surface area contributed by atoms with Crippen LogP contribution >= 0.6 is 0 Å². The van der Waals surface area contributed by atoms with Crippen molar-refractivity contribution in [2.45, 2.75) is 0 Å². The van der Waals surface area contributed by atoms with Gasteiger partial charge in [-0.15, -0.1) is 0 Å². The normalized spacial score (nSPS) is 14.0. The summed E-state index contributed by atoms with van der Waals surface area (Å²) in [6.45, 7) is 0.895. The zero-order valence-electron chi connectivity index (χ0n) is 14.0. The number of morpholine rings is 1. The van der Waals surface area contributed by atoms with Gasteiger partial charge in [0.25, 0.3) is 11.8 Å². The van der Waals surface area contributed by atoms with E-state index >= 15 is 0 Å². The van der Waals surface area contributed by atoms with E-state index in [1.54, 1.807) is 0 Å². The van der Waals surface area contributed by atoms with Gasteiger partial charge in [0.15, 0.2) is 17.5 Å². The van der Waals surface area contributed by atoms with Crippen LogP contribution in [0.3, 0.4) is 0 Å². The van der Waals surface area contributed by atoms with E-state index in [1.165, 1.54) is 29.4 Å². The van der Waals surface area contributed by atoms with E-state index in [-0.39, 0.29) is 31.9 Å². The third-order valence-corrected chi connectivity index (χ3v) is 3.92. The van der Waals surface area contributed by atoms with Gasteiger partial charge in [0.05, 0.1) is 24.3 Å². The minimum absolute atomic E-state index is 0.137. The number of anilines is 1. The van der Waals surface area contributed by atoms with Crippen LogP contribution in [-0.2, 0) is 4.74 Å². The third-order valence-electron chi connectivity index (χ3n) is 3.92.